The van der Waals surface area contributed by atoms with Gasteiger partial charge in [-0.25, -0.2) is 0 Å². The quantitative estimate of drug-likeness (QED) is 0.711. The maximum absolute atomic E-state index is 8.61. The van der Waals surface area contributed by atoms with Crippen molar-refractivity contribution in [1.29, 1.82) is 5.26 Å². The molecule has 1 atom stereocenters. The molecule has 0 aromatic heterocycles. The van der Waals surface area contributed by atoms with Crippen molar-refractivity contribution in [3.05, 3.63) is 0 Å². The van der Waals surface area contributed by atoms with E-state index in [1.165, 1.54) is 12.8 Å². The zero-order valence-electron chi connectivity index (χ0n) is 8.25. The SMILES string of the molecule is CCC(N)CSCC1(CC#N)CC1. The number of rotatable bonds is 6. The molecule has 0 heterocycles. The first-order chi connectivity index (χ1) is 6.22. The summed E-state index contributed by atoms with van der Waals surface area (Å²) in [5.74, 6) is 2.18. The van der Waals surface area contributed by atoms with Gasteiger partial charge in [0.25, 0.3) is 0 Å². The van der Waals surface area contributed by atoms with Crippen molar-refractivity contribution in [2.75, 3.05) is 11.5 Å². The molecule has 13 heavy (non-hydrogen) atoms. The lowest BCUT2D eigenvalue weighted by Crippen LogP contribution is -2.22. The van der Waals surface area contributed by atoms with Gasteiger partial charge in [0.15, 0.2) is 0 Å². The normalized spacial score (nSPS) is 20.7. The number of hydrogen-bond donors (Lipinski definition) is 1. The zero-order chi connectivity index (χ0) is 9.73. The summed E-state index contributed by atoms with van der Waals surface area (Å²) >= 11 is 1.92. The Labute approximate surface area is 84.9 Å². The zero-order valence-corrected chi connectivity index (χ0v) is 9.07. The Kier molecular flexibility index (Phi) is 4.08. The van der Waals surface area contributed by atoms with Crippen LogP contribution < -0.4 is 5.73 Å². The molecule has 0 saturated heterocycles. The predicted octanol–water partition coefficient (Wildman–Crippen LogP) is 2.15. The summed E-state index contributed by atoms with van der Waals surface area (Å²) in [7, 11) is 0. The molecule has 74 valence electrons. The van der Waals surface area contributed by atoms with Crippen LogP contribution in [-0.4, -0.2) is 17.5 Å². The molecule has 2 nitrogen and oxygen atoms in total. The van der Waals surface area contributed by atoms with Gasteiger partial charge in [0, 0.05) is 18.2 Å². The molecule has 0 radical (unpaired) electrons. The lowest BCUT2D eigenvalue weighted by molar-refractivity contribution is 0.602. The third kappa shape index (κ3) is 3.58. The molecule has 1 fully saturated rings. The molecule has 3 heteroatoms. The Morgan fingerprint density at radius 2 is 2.31 bits per heavy atom. The Balaban J connectivity index is 2.09. The van der Waals surface area contributed by atoms with E-state index in [2.05, 4.69) is 13.0 Å². The molecule has 2 N–H and O–H groups in total. The van der Waals surface area contributed by atoms with Crippen LogP contribution in [0.4, 0.5) is 0 Å². The van der Waals surface area contributed by atoms with E-state index in [-0.39, 0.29) is 0 Å². The fraction of sp³-hybridized carbons (Fsp3) is 0.900. The highest BCUT2D eigenvalue weighted by atomic mass is 32.2. The van der Waals surface area contributed by atoms with Crippen LogP contribution in [0.15, 0.2) is 0 Å². The molecule has 1 aliphatic rings. The number of nitrogens with two attached hydrogens (primary N) is 1. The maximum atomic E-state index is 8.61. The third-order valence-electron chi connectivity index (χ3n) is 2.68. The van der Waals surface area contributed by atoms with Gasteiger partial charge < -0.3 is 5.73 Å². The van der Waals surface area contributed by atoms with E-state index >= 15 is 0 Å². The second-order valence-corrected chi connectivity index (χ2v) is 5.05. The first kappa shape index (κ1) is 10.9. The number of hydrogen-bond acceptors (Lipinski definition) is 3. The molecule has 0 bridgehead atoms. The van der Waals surface area contributed by atoms with E-state index in [1.54, 1.807) is 0 Å². The highest BCUT2D eigenvalue weighted by Gasteiger charge is 2.41. The van der Waals surface area contributed by atoms with E-state index in [0.29, 0.717) is 11.5 Å². The largest absolute Gasteiger partial charge is 0.327 e. The topological polar surface area (TPSA) is 49.8 Å². The summed E-state index contributed by atoms with van der Waals surface area (Å²) in [5.41, 5.74) is 6.19. The minimum atomic E-state index is 0.336. The smallest absolute Gasteiger partial charge is 0.0627 e. The Morgan fingerprint density at radius 1 is 1.62 bits per heavy atom. The predicted molar refractivity (Wildman–Crippen MR) is 57.5 cm³/mol. The highest BCUT2D eigenvalue weighted by Crippen LogP contribution is 2.50. The fourth-order valence-electron chi connectivity index (χ4n) is 1.26. The number of nitrogens with zero attached hydrogens (tertiary/aromatic N) is 1. The molecule has 0 amide bonds. The summed E-state index contributed by atoms with van der Waals surface area (Å²) in [5, 5.41) is 8.61. The second kappa shape index (κ2) is 4.88. The Bertz CT molecular complexity index is 194. The van der Waals surface area contributed by atoms with E-state index in [9.17, 15) is 0 Å². The van der Waals surface area contributed by atoms with Crippen LogP contribution in [0, 0.1) is 16.7 Å². The van der Waals surface area contributed by atoms with E-state index < -0.39 is 0 Å². The van der Waals surface area contributed by atoms with Crippen molar-refractivity contribution in [2.45, 2.75) is 38.6 Å². The number of nitriles is 1. The Morgan fingerprint density at radius 3 is 2.77 bits per heavy atom. The van der Waals surface area contributed by atoms with Gasteiger partial charge in [-0.1, -0.05) is 6.92 Å². The second-order valence-electron chi connectivity index (χ2n) is 4.02. The molecule has 0 aromatic rings. The van der Waals surface area contributed by atoms with Crippen LogP contribution >= 0.6 is 11.8 Å². The molecule has 1 aliphatic carbocycles. The van der Waals surface area contributed by atoms with Crippen molar-refractivity contribution in [2.24, 2.45) is 11.1 Å². The summed E-state index contributed by atoms with van der Waals surface area (Å²) in [6, 6.07) is 2.61. The average Bonchev–Trinajstić information content (AvgIpc) is 2.86. The molecular weight excluding hydrogens is 180 g/mol. The van der Waals surface area contributed by atoms with Gasteiger partial charge in [0.1, 0.15) is 0 Å². The number of thioether (sulfide) groups is 1. The minimum Gasteiger partial charge on any atom is -0.327 e. The van der Waals surface area contributed by atoms with Crippen LogP contribution in [0.2, 0.25) is 0 Å². The maximum Gasteiger partial charge on any atom is 0.0627 e. The average molecular weight is 198 g/mol. The van der Waals surface area contributed by atoms with Crippen molar-refractivity contribution in [3.63, 3.8) is 0 Å². The van der Waals surface area contributed by atoms with Gasteiger partial charge >= 0.3 is 0 Å². The fourth-order valence-corrected chi connectivity index (χ4v) is 2.74. The first-order valence-electron chi connectivity index (χ1n) is 4.93. The highest BCUT2D eigenvalue weighted by molar-refractivity contribution is 7.99. The summed E-state index contributed by atoms with van der Waals surface area (Å²) in [6.45, 7) is 2.12. The van der Waals surface area contributed by atoms with E-state index in [1.807, 2.05) is 11.8 Å². The molecule has 0 spiro atoms. The van der Waals surface area contributed by atoms with Crippen LogP contribution in [0.3, 0.4) is 0 Å². The first-order valence-corrected chi connectivity index (χ1v) is 6.08. The third-order valence-corrected chi connectivity index (χ3v) is 4.16. The summed E-state index contributed by atoms with van der Waals surface area (Å²) < 4.78 is 0. The van der Waals surface area contributed by atoms with Crippen molar-refractivity contribution in [1.82, 2.24) is 0 Å². The van der Waals surface area contributed by atoms with E-state index in [0.717, 1.165) is 24.3 Å². The van der Waals surface area contributed by atoms with Crippen LogP contribution in [0.5, 0.6) is 0 Å². The summed E-state index contributed by atoms with van der Waals surface area (Å²) in [4.78, 5) is 0. The van der Waals surface area contributed by atoms with Gasteiger partial charge in [-0.3, -0.25) is 0 Å². The van der Waals surface area contributed by atoms with Gasteiger partial charge in [-0.2, -0.15) is 17.0 Å². The van der Waals surface area contributed by atoms with Crippen LogP contribution in [0.25, 0.3) is 0 Å². The van der Waals surface area contributed by atoms with Crippen molar-refractivity contribution >= 4 is 11.8 Å². The molecular formula is C10H18N2S. The van der Waals surface area contributed by atoms with Crippen LogP contribution in [0.1, 0.15) is 32.6 Å². The molecule has 0 aliphatic heterocycles. The lowest BCUT2D eigenvalue weighted by Gasteiger charge is -2.12. The molecule has 1 unspecified atom stereocenters. The molecule has 1 rings (SSSR count). The van der Waals surface area contributed by atoms with Gasteiger partial charge in [-0.05, 0) is 30.4 Å². The standard InChI is InChI=1S/C10H18N2S/c1-2-9(12)7-13-8-10(3-4-10)5-6-11/h9H,2-5,7-8,12H2,1H3. The van der Waals surface area contributed by atoms with Gasteiger partial charge in [0.05, 0.1) is 6.07 Å². The molecule has 0 aromatic carbocycles. The summed E-state index contributed by atoms with van der Waals surface area (Å²) in [6.07, 6.45) is 4.28. The minimum absolute atomic E-state index is 0.336. The van der Waals surface area contributed by atoms with Crippen molar-refractivity contribution < 1.29 is 0 Å². The lowest BCUT2D eigenvalue weighted by atomic mass is 10.1. The monoisotopic (exact) mass is 198 g/mol. The van der Waals surface area contributed by atoms with Crippen LogP contribution in [-0.2, 0) is 0 Å². The van der Waals surface area contributed by atoms with Crippen molar-refractivity contribution in [3.8, 4) is 6.07 Å². The van der Waals surface area contributed by atoms with E-state index in [4.69, 9.17) is 11.0 Å². The molecule has 1 saturated carbocycles. The van der Waals surface area contributed by atoms with Gasteiger partial charge in [-0.15, -0.1) is 0 Å². The van der Waals surface area contributed by atoms with Gasteiger partial charge in [0.2, 0.25) is 0 Å². The Hall–Kier alpha value is -0.200.